The summed E-state index contributed by atoms with van der Waals surface area (Å²) in [6.07, 6.45) is 0. The molecule has 0 aliphatic carbocycles. The van der Waals surface area contributed by atoms with Crippen LogP contribution in [0.15, 0.2) is 57.6 Å². The van der Waals surface area contributed by atoms with Gasteiger partial charge in [0.2, 0.25) is 22.9 Å². The van der Waals surface area contributed by atoms with Crippen molar-refractivity contribution in [3.8, 4) is 0 Å². The Morgan fingerprint density at radius 1 is 1.07 bits per heavy atom. The van der Waals surface area contributed by atoms with Crippen LogP contribution in [0.2, 0.25) is 0 Å². The third kappa shape index (κ3) is 15.5. The number of carbonyl (C=O) groups is 1. The first-order valence-corrected chi connectivity index (χ1v) is 14.7. The molecule has 0 saturated carbocycles. The second-order valence-corrected chi connectivity index (χ2v) is 11.2. The fourth-order valence-electron chi connectivity index (χ4n) is 3.05. The number of hydrogen-bond donors (Lipinski definition) is 1. The molecule has 1 amide bonds. The van der Waals surface area contributed by atoms with E-state index in [-0.39, 0.29) is 94.4 Å². The average Bonchev–Trinajstić information content (AvgIpc) is 2.88. The Balaban J connectivity index is 0.00000840. The Bertz CT molecular complexity index is 1420. The molecule has 0 heterocycles. The van der Waals surface area contributed by atoms with Crippen molar-refractivity contribution in [1.29, 1.82) is 0 Å². The van der Waals surface area contributed by atoms with Crippen LogP contribution in [0.1, 0.15) is 6.92 Å². The molecule has 2 rings (SSSR count). The summed E-state index contributed by atoms with van der Waals surface area (Å²) < 4.78 is 69.1. The van der Waals surface area contributed by atoms with Gasteiger partial charge in [0.05, 0.1) is 41.8 Å². The molecule has 2 aromatic rings. The number of rotatable bonds is 17. The van der Waals surface area contributed by atoms with Gasteiger partial charge >= 0.3 is 59.1 Å². The van der Waals surface area contributed by atoms with Crippen LogP contribution in [-0.4, -0.2) is 65.9 Å². The Hall–Kier alpha value is -1.19. The number of carbonyl (C=O) groups excluding carboxylic acids is 1. The minimum Gasteiger partial charge on any atom is -0.726 e. The molecule has 42 heavy (non-hydrogen) atoms. The monoisotopic (exact) mass is 663 g/mol. The molecule has 0 saturated heterocycles. The molecule has 0 aliphatic heterocycles. The smallest absolute Gasteiger partial charge is 0.726 e. The number of nitrogens with zero attached hydrogens (tertiary/aromatic N) is 4. The van der Waals surface area contributed by atoms with E-state index in [4.69, 9.17) is 10.8 Å². The fraction of sp³-hybridized carbons (Fsp3) is 0.333. The normalized spacial score (nSPS) is 11.3. The van der Waals surface area contributed by atoms with Crippen molar-refractivity contribution in [3.05, 3.63) is 53.9 Å². The third-order valence-electron chi connectivity index (χ3n) is 4.73. The van der Waals surface area contributed by atoms with Gasteiger partial charge in [-0.3, -0.25) is 18.2 Å². The van der Waals surface area contributed by atoms with Crippen molar-refractivity contribution in [3.63, 3.8) is 0 Å². The zero-order valence-electron chi connectivity index (χ0n) is 22.8. The predicted octanol–water partition coefficient (Wildman–Crippen LogP) is -4.15. The first-order chi connectivity index (χ1) is 18.9. The van der Waals surface area contributed by atoms with Crippen LogP contribution in [0.25, 0.3) is 4.85 Å². The number of benzene rings is 2. The summed E-state index contributed by atoms with van der Waals surface area (Å²) in [6, 6.07) is 10.1. The number of azo groups is 1. The maximum absolute atomic E-state index is 12.3. The molecule has 0 unspecified atom stereocenters. The van der Waals surface area contributed by atoms with E-state index >= 15 is 0 Å². The summed E-state index contributed by atoms with van der Waals surface area (Å²) in [5.41, 5.74) is 1.49. The molecule has 0 atom stereocenters. The van der Waals surface area contributed by atoms with E-state index in [0.29, 0.717) is 36.8 Å². The van der Waals surface area contributed by atoms with Crippen molar-refractivity contribution in [2.24, 2.45) is 10.2 Å². The van der Waals surface area contributed by atoms with Crippen molar-refractivity contribution < 1.29 is 108 Å². The molecule has 2 aromatic carbocycles. The molecule has 0 radical (unpaired) electrons. The van der Waals surface area contributed by atoms with Crippen LogP contribution in [0.3, 0.4) is 0 Å². The molecule has 218 valence electrons. The van der Waals surface area contributed by atoms with Crippen LogP contribution in [-0.2, 0) is 42.8 Å². The largest absolute Gasteiger partial charge is 1.00 e. The number of nitrogens with one attached hydrogen (secondary N) is 1. The summed E-state index contributed by atoms with van der Waals surface area (Å²) in [5, 5.41) is 23.9. The van der Waals surface area contributed by atoms with Crippen LogP contribution < -0.4 is 74.6 Å². The van der Waals surface area contributed by atoms with Gasteiger partial charge in [-0.25, -0.2) is 23.4 Å². The summed E-state index contributed by atoms with van der Waals surface area (Å²) in [6.45, 7) is 8.49. The summed E-state index contributed by atoms with van der Waals surface area (Å²) in [5.74, 6) is -1.10. The maximum atomic E-state index is 12.3. The second-order valence-electron chi connectivity index (χ2n) is 7.52. The number of hydrogen-bond acceptors (Lipinski definition) is 15. The zero-order chi connectivity index (χ0) is 29.6. The molecule has 16 nitrogen and oxygen atoms in total. The number of anilines is 2. The summed E-state index contributed by atoms with van der Waals surface area (Å²) >= 11 is 0.361. The zero-order valence-corrected chi connectivity index (χ0v) is 29.2. The van der Waals surface area contributed by atoms with E-state index < -0.39 is 32.6 Å². The van der Waals surface area contributed by atoms with E-state index in [0.717, 1.165) is 0 Å². The Morgan fingerprint density at radius 3 is 2.36 bits per heavy atom. The topological polar surface area (TPSA) is 213 Å². The molecule has 1 N–H and O–H groups in total. The maximum Gasteiger partial charge on any atom is 1.00 e. The van der Waals surface area contributed by atoms with Gasteiger partial charge in [0, 0.05) is 19.2 Å². The van der Waals surface area contributed by atoms with Crippen molar-refractivity contribution in [2.75, 3.05) is 48.8 Å². The third-order valence-corrected chi connectivity index (χ3v) is 7.26. The van der Waals surface area contributed by atoms with Crippen LogP contribution in [0.4, 0.5) is 22.7 Å². The van der Waals surface area contributed by atoms with Crippen molar-refractivity contribution in [2.45, 2.75) is 11.8 Å². The molecule has 0 fully saturated rings. The van der Waals surface area contributed by atoms with Gasteiger partial charge in [-0.05, 0) is 42.5 Å². The van der Waals surface area contributed by atoms with Crippen molar-refractivity contribution in [1.82, 2.24) is 0 Å². The second kappa shape index (κ2) is 20.7. The Kier molecular flexibility index (Phi) is 20.1. The van der Waals surface area contributed by atoms with E-state index in [1.807, 2.05) is 0 Å². The Labute approximate surface area is 291 Å². The van der Waals surface area contributed by atoms with Gasteiger partial charge in [-0.15, -0.1) is 9.45 Å². The molecule has 0 aromatic heterocycles. The fourth-order valence-corrected chi connectivity index (χ4v) is 4.73. The van der Waals surface area contributed by atoms with Crippen LogP contribution in [0, 0.1) is 6.57 Å². The minimum atomic E-state index is -5.01. The molecular formula is C21H23N5Na2O11S3. The van der Waals surface area contributed by atoms with Crippen molar-refractivity contribution >= 4 is 61.2 Å². The minimum absolute atomic E-state index is 0. The Morgan fingerprint density at radius 2 is 1.76 bits per heavy atom. The van der Waals surface area contributed by atoms with E-state index in [9.17, 15) is 31.4 Å². The van der Waals surface area contributed by atoms with Gasteiger partial charge in [0.15, 0.2) is 22.2 Å². The van der Waals surface area contributed by atoms with Crippen LogP contribution >= 0.6 is 12.3 Å². The van der Waals surface area contributed by atoms with E-state index in [1.54, 1.807) is 23.1 Å². The SMILES string of the molecule is [C-]#[N+]CCN(CCOSOO[O-])c1ccc(N=Nc2ccc(S(=O)(=O)CCOS(=O)(=O)[O-])cc2)c(NC(C)=O)c1.[Na+].[Na+]. The van der Waals surface area contributed by atoms with Gasteiger partial charge in [-0.2, -0.15) is 5.11 Å². The van der Waals surface area contributed by atoms with E-state index in [1.165, 1.54) is 31.2 Å². The predicted molar refractivity (Wildman–Crippen MR) is 138 cm³/mol. The van der Waals surface area contributed by atoms with E-state index in [2.05, 4.69) is 33.9 Å². The molecule has 0 bridgehead atoms. The standard InChI is InChI=1S/C21H25N5O11S3.2Na/c1-16(27)23-21-15-18(26(10-9-22-2)11-12-34-38-37-36-28)5-8-20(21)25-24-17-3-6-19(7-4-17)39(29,30)14-13-35-40(31,32)33;;/h3-8,15,28H,9-14H2,1H3,(H,23,27)(H,31,32,33);;/q;2*+1/p-2. The number of sulfone groups is 1. The van der Waals surface area contributed by atoms with Crippen LogP contribution in [0.5, 0.6) is 0 Å². The van der Waals surface area contributed by atoms with Gasteiger partial charge in [0.1, 0.15) is 5.69 Å². The summed E-state index contributed by atoms with van der Waals surface area (Å²) in [4.78, 5) is 16.8. The van der Waals surface area contributed by atoms with Gasteiger partial charge in [0.25, 0.3) is 0 Å². The average molecular weight is 664 g/mol. The molecular weight excluding hydrogens is 640 g/mol. The molecule has 21 heteroatoms. The summed E-state index contributed by atoms with van der Waals surface area (Å²) in [7, 11) is -8.93. The quantitative estimate of drug-likeness (QED) is 0.0196. The first kappa shape index (κ1) is 40.8. The van der Waals surface area contributed by atoms with Gasteiger partial charge < -0.3 is 24.9 Å². The molecule has 0 aliphatic rings. The number of amides is 1. The molecule has 0 spiro atoms. The van der Waals surface area contributed by atoms with Gasteiger partial charge in [-0.1, -0.05) is 0 Å². The first-order valence-electron chi connectivity index (χ1n) is 11.0.